The van der Waals surface area contributed by atoms with Crippen LogP contribution >= 0.6 is 0 Å². The van der Waals surface area contributed by atoms with Gasteiger partial charge in [-0.1, -0.05) is 12.1 Å². The summed E-state index contributed by atoms with van der Waals surface area (Å²) in [6, 6.07) is 7.67. The molecule has 1 aromatic heterocycles. The van der Waals surface area contributed by atoms with Gasteiger partial charge in [-0.05, 0) is 51.7 Å². The van der Waals surface area contributed by atoms with Gasteiger partial charge in [0, 0.05) is 34.7 Å². The van der Waals surface area contributed by atoms with Crippen molar-refractivity contribution >= 4 is 16.9 Å². The molecule has 1 saturated carbocycles. The van der Waals surface area contributed by atoms with Gasteiger partial charge in [0.1, 0.15) is 0 Å². The van der Waals surface area contributed by atoms with Crippen LogP contribution in [0.4, 0.5) is 4.79 Å². The Bertz CT molecular complexity index is 823. The van der Waals surface area contributed by atoms with Crippen molar-refractivity contribution in [3.05, 3.63) is 45.7 Å². The molecule has 140 valence electrons. The highest BCUT2D eigenvalue weighted by atomic mass is 16.5. The first-order valence-electron chi connectivity index (χ1n) is 9.35. The number of para-hydroxylation sites is 1. The molecule has 0 atom stereocenters. The summed E-state index contributed by atoms with van der Waals surface area (Å²) in [6.45, 7) is 4.79. The topological polar surface area (TPSA) is 83.2 Å². The molecule has 0 aliphatic heterocycles. The summed E-state index contributed by atoms with van der Waals surface area (Å²) in [6.07, 6.45) is 3.81. The van der Waals surface area contributed by atoms with Crippen molar-refractivity contribution in [1.29, 1.82) is 0 Å². The summed E-state index contributed by atoms with van der Waals surface area (Å²) >= 11 is 0. The fourth-order valence-corrected chi connectivity index (χ4v) is 3.50. The van der Waals surface area contributed by atoms with Crippen LogP contribution in [0.3, 0.4) is 0 Å². The molecule has 6 nitrogen and oxygen atoms in total. The minimum atomic E-state index is -0.0961. The maximum absolute atomic E-state index is 12.5. The average molecular weight is 357 g/mol. The lowest BCUT2D eigenvalue weighted by Crippen LogP contribution is -2.44. The third kappa shape index (κ3) is 4.25. The van der Waals surface area contributed by atoms with E-state index in [-0.39, 0.29) is 23.6 Å². The standard InChI is InChI=1S/C20H27N3O3/c1-3-21-20(25)22-14-8-10-15(11-9-14)26-12-18-13(2)19(24)16-6-4-5-7-17(16)23-18/h4-7,14-15H,3,8-12H2,1-2H3,(H,23,24)(H2,21,22,25). The van der Waals surface area contributed by atoms with Gasteiger partial charge in [-0.3, -0.25) is 4.79 Å². The number of fused-ring (bicyclic) bond motifs is 1. The molecule has 26 heavy (non-hydrogen) atoms. The Hall–Kier alpha value is -2.34. The number of rotatable bonds is 5. The molecule has 3 rings (SSSR count). The summed E-state index contributed by atoms with van der Waals surface area (Å²) in [5, 5.41) is 6.47. The van der Waals surface area contributed by atoms with E-state index in [4.69, 9.17) is 4.74 Å². The van der Waals surface area contributed by atoms with E-state index in [9.17, 15) is 9.59 Å². The fourth-order valence-electron chi connectivity index (χ4n) is 3.50. The minimum absolute atomic E-state index is 0.0628. The summed E-state index contributed by atoms with van der Waals surface area (Å²) in [5.41, 5.74) is 2.47. The lowest BCUT2D eigenvalue weighted by molar-refractivity contribution is 0.0104. The molecule has 1 fully saturated rings. The van der Waals surface area contributed by atoms with Gasteiger partial charge in [-0.25, -0.2) is 4.79 Å². The Labute approximate surface area is 153 Å². The van der Waals surface area contributed by atoms with Crippen molar-refractivity contribution in [2.24, 2.45) is 0 Å². The van der Waals surface area contributed by atoms with E-state index in [1.54, 1.807) is 0 Å². The number of urea groups is 1. The van der Waals surface area contributed by atoms with E-state index in [0.717, 1.165) is 42.5 Å². The van der Waals surface area contributed by atoms with Crippen molar-refractivity contribution in [3.63, 3.8) is 0 Å². The molecular weight excluding hydrogens is 330 g/mol. The second kappa shape index (κ2) is 8.36. The largest absolute Gasteiger partial charge is 0.372 e. The fraction of sp³-hybridized carbons (Fsp3) is 0.500. The number of ether oxygens (including phenoxy) is 1. The Morgan fingerprint density at radius 2 is 1.96 bits per heavy atom. The maximum atomic E-state index is 12.5. The van der Waals surface area contributed by atoms with Crippen LogP contribution in [0.25, 0.3) is 10.9 Å². The molecule has 6 heteroatoms. The van der Waals surface area contributed by atoms with Crippen molar-refractivity contribution in [3.8, 4) is 0 Å². The zero-order valence-electron chi connectivity index (χ0n) is 15.4. The van der Waals surface area contributed by atoms with Crippen molar-refractivity contribution in [1.82, 2.24) is 15.6 Å². The van der Waals surface area contributed by atoms with E-state index < -0.39 is 0 Å². The first-order chi connectivity index (χ1) is 12.6. The van der Waals surface area contributed by atoms with Gasteiger partial charge in [0.2, 0.25) is 0 Å². The molecule has 1 aromatic carbocycles. The number of hydrogen-bond acceptors (Lipinski definition) is 3. The van der Waals surface area contributed by atoms with Crippen LogP contribution in [-0.4, -0.2) is 29.7 Å². The highest BCUT2D eigenvalue weighted by molar-refractivity contribution is 5.79. The number of pyridine rings is 1. The second-order valence-corrected chi connectivity index (χ2v) is 6.89. The van der Waals surface area contributed by atoms with Gasteiger partial charge < -0.3 is 20.4 Å². The lowest BCUT2D eigenvalue weighted by atomic mass is 9.93. The number of aromatic nitrogens is 1. The van der Waals surface area contributed by atoms with E-state index in [0.29, 0.717) is 18.5 Å². The zero-order valence-corrected chi connectivity index (χ0v) is 15.4. The third-order valence-corrected chi connectivity index (χ3v) is 5.06. The lowest BCUT2D eigenvalue weighted by Gasteiger charge is -2.29. The van der Waals surface area contributed by atoms with Gasteiger partial charge >= 0.3 is 6.03 Å². The molecule has 1 aliphatic carbocycles. The van der Waals surface area contributed by atoms with Crippen molar-refractivity contribution < 1.29 is 9.53 Å². The van der Waals surface area contributed by atoms with Gasteiger partial charge in [-0.15, -0.1) is 0 Å². The van der Waals surface area contributed by atoms with Crippen LogP contribution in [0.15, 0.2) is 29.1 Å². The number of hydrogen-bond donors (Lipinski definition) is 3. The van der Waals surface area contributed by atoms with E-state index in [2.05, 4.69) is 15.6 Å². The molecule has 0 spiro atoms. The van der Waals surface area contributed by atoms with Crippen LogP contribution in [0.2, 0.25) is 0 Å². The van der Waals surface area contributed by atoms with Crippen LogP contribution in [0.5, 0.6) is 0 Å². The smallest absolute Gasteiger partial charge is 0.314 e. The highest BCUT2D eigenvalue weighted by Crippen LogP contribution is 2.22. The number of H-pyrrole nitrogens is 1. The predicted octanol–water partition coefficient (Wildman–Crippen LogP) is 2.98. The molecule has 0 radical (unpaired) electrons. The summed E-state index contributed by atoms with van der Waals surface area (Å²) < 4.78 is 6.06. The van der Waals surface area contributed by atoms with E-state index in [1.165, 1.54) is 0 Å². The molecule has 0 bridgehead atoms. The molecule has 0 saturated heterocycles. The molecule has 2 amide bonds. The number of amides is 2. The van der Waals surface area contributed by atoms with Crippen LogP contribution in [0, 0.1) is 6.92 Å². The van der Waals surface area contributed by atoms with E-state index >= 15 is 0 Å². The molecule has 2 aromatic rings. The van der Waals surface area contributed by atoms with E-state index in [1.807, 2.05) is 38.1 Å². The molecule has 3 N–H and O–H groups in total. The molecule has 0 unspecified atom stereocenters. The van der Waals surface area contributed by atoms with Crippen molar-refractivity contribution in [2.45, 2.75) is 58.3 Å². The maximum Gasteiger partial charge on any atom is 0.314 e. The predicted molar refractivity (Wildman–Crippen MR) is 102 cm³/mol. The Kier molecular flexibility index (Phi) is 5.93. The zero-order chi connectivity index (χ0) is 18.5. The van der Waals surface area contributed by atoms with Crippen LogP contribution in [-0.2, 0) is 11.3 Å². The SMILES string of the molecule is CCNC(=O)NC1CCC(OCc2[nH]c3ccccc3c(=O)c2C)CC1. The Balaban J connectivity index is 1.56. The second-order valence-electron chi connectivity index (χ2n) is 6.89. The summed E-state index contributed by atoms with van der Waals surface area (Å²) in [4.78, 5) is 27.4. The average Bonchev–Trinajstić information content (AvgIpc) is 2.65. The number of aromatic amines is 1. The first kappa shape index (κ1) is 18.5. The highest BCUT2D eigenvalue weighted by Gasteiger charge is 2.23. The van der Waals surface area contributed by atoms with Gasteiger partial charge in [0.25, 0.3) is 0 Å². The monoisotopic (exact) mass is 357 g/mol. The molecular formula is C20H27N3O3. The first-order valence-corrected chi connectivity index (χ1v) is 9.35. The minimum Gasteiger partial charge on any atom is -0.372 e. The summed E-state index contributed by atoms with van der Waals surface area (Å²) in [7, 11) is 0. The van der Waals surface area contributed by atoms with Gasteiger partial charge in [0.05, 0.1) is 12.7 Å². The Morgan fingerprint density at radius 1 is 1.23 bits per heavy atom. The van der Waals surface area contributed by atoms with Crippen LogP contribution < -0.4 is 16.1 Å². The van der Waals surface area contributed by atoms with Gasteiger partial charge in [0.15, 0.2) is 5.43 Å². The molecule has 1 heterocycles. The summed E-state index contributed by atoms with van der Waals surface area (Å²) in [5.74, 6) is 0. The number of carbonyl (C=O) groups excluding carboxylic acids is 1. The van der Waals surface area contributed by atoms with Crippen LogP contribution in [0.1, 0.15) is 43.9 Å². The third-order valence-electron chi connectivity index (χ3n) is 5.06. The number of benzene rings is 1. The normalized spacial score (nSPS) is 20.1. The Morgan fingerprint density at radius 3 is 2.69 bits per heavy atom. The quantitative estimate of drug-likeness (QED) is 0.769. The molecule has 1 aliphatic rings. The number of carbonyl (C=O) groups is 1. The number of nitrogens with one attached hydrogen (secondary N) is 3. The van der Waals surface area contributed by atoms with Crippen molar-refractivity contribution in [2.75, 3.05) is 6.54 Å². The van der Waals surface area contributed by atoms with Gasteiger partial charge in [-0.2, -0.15) is 0 Å².